The van der Waals surface area contributed by atoms with Gasteiger partial charge < -0.3 is 15.0 Å². The van der Waals surface area contributed by atoms with Crippen molar-refractivity contribution in [3.63, 3.8) is 0 Å². The number of carbonyl (C=O) groups is 1. The number of anilines is 1. The van der Waals surface area contributed by atoms with Crippen LogP contribution >= 0.6 is 0 Å². The van der Waals surface area contributed by atoms with Crippen molar-refractivity contribution in [2.24, 2.45) is 0 Å². The van der Waals surface area contributed by atoms with Gasteiger partial charge in [-0.25, -0.2) is 0 Å². The number of ether oxygens (including phenoxy) is 1. The Labute approximate surface area is 118 Å². The first kappa shape index (κ1) is 14.2. The van der Waals surface area contributed by atoms with Gasteiger partial charge in [0.2, 0.25) is 0 Å². The van der Waals surface area contributed by atoms with Crippen molar-refractivity contribution in [3.8, 4) is 5.75 Å². The number of aromatic amines is 1. The van der Waals surface area contributed by atoms with Crippen molar-refractivity contribution in [1.82, 2.24) is 4.98 Å². The van der Waals surface area contributed by atoms with Gasteiger partial charge >= 0.3 is 0 Å². The standard InChI is InChI=1S/C16H20N2O2/c1-9(6-10(2)19)17-15-8-14-13(7-16(15)20-5)11(3)12(4)18-14/h6-8,17-18H,1-5H3. The molecule has 20 heavy (non-hydrogen) atoms. The fourth-order valence-electron chi connectivity index (χ4n) is 2.31. The molecule has 0 bridgehead atoms. The van der Waals surface area contributed by atoms with Gasteiger partial charge in [-0.15, -0.1) is 0 Å². The van der Waals surface area contributed by atoms with Gasteiger partial charge in [-0.05, 0) is 51.5 Å². The average molecular weight is 272 g/mol. The molecule has 0 spiro atoms. The first-order valence-corrected chi connectivity index (χ1v) is 6.55. The monoisotopic (exact) mass is 272 g/mol. The highest BCUT2D eigenvalue weighted by molar-refractivity contribution is 5.91. The van der Waals surface area contributed by atoms with Crippen molar-refractivity contribution in [1.29, 1.82) is 0 Å². The lowest BCUT2D eigenvalue weighted by Gasteiger charge is -2.12. The minimum Gasteiger partial charge on any atom is -0.495 e. The molecule has 0 saturated carbocycles. The van der Waals surface area contributed by atoms with Crippen LogP contribution in [0.1, 0.15) is 25.1 Å². The number of methoxy groups -OCH3 is 1. The maximum atomic E-state index is 11.1. The molecule has 1 aromatic heterocycles. The molecule has 0 amide bonds. The number of aryl methyl sites for hydroxylation is 2. The Hall–Kier alpha value is -2.23. The number of allylic oxidation sites excluding steroid dienone is 2. The van der Waals surface area contributed by atoms with Crippen LogP contribution in [0.2, 0.25) is 0 Å². The van der Waals surface area contributed by atoms with Crippen LogP contribution in [-0.4, -0.2) is 17.9 Å². The lowest BCUT2D eigenvalue weighted by Crippen LogP contribution is -2.00. The number of nitrogens with one attached hydrogen (secondary N) is 2. The van der Waals surface area contributed by atoms with Crippen LogP contribution in [0.25, 0.3) is 10.9 Å². The second-order valence-electron chi connectivity index (χ2n) is 5.04. The Morgan fingerprint density at radius 2 is 2.00 bits per heavy atom. The smallest absolute Gasteiger partial charge is 0.154 e. The summed E-state index contributed by atoms with van der Waals surface area (Å²) in [4.78, 5) is 14.5. The van der Waals surface area contributed by atoms with Crippen LogP contribution in [0.4, 0.5) is 5.69 Å². The average Bonchev–Trinajstić information content (AvgIpc) is 2.62. The Bertz CT molecular complexity index is 696. The fraction of sp³-hybridized carbons (Fsp3) is 0.312. The van der Waals surface area contributed by atoms with Crippen LogP contribution in [-0.2, 0) is 4.79 Å². The van der Waals surface area contributed by atoms with E-state index in [1.807, 2.05) is 19.1 Å². The predicted octanol–water partition coefficient (Wildman–Crippen LogP) is 3.70. The molecule has 4 heteroatoms. The summed E-state index contributed by atoms with van der Waals surface area (Å²) in [5, 5.41) is 4.36. The highest BCUT2D eigenvalue weighted by Crippen LogP contribution is 2.33. The molecule has 106 valence electrons. The largest absolute Gasteiger partial charge is 0.495 e. The topological polar surface area (TPSA) is 54.1 Å². The molecule has 0 radical (unpaired) electrons. The van der Waals surface area contributed by atoms with Crippen molar-refractivity contribution in [2.45, 2.75) is 27.7 Å². The number of hydrogen-bond donors (Lipinski definition) is 2. The van der Waals surface area contributed by atoms with Crippen LogP contribution in [0.15, 0.2) is 23.9 Å². The summed E-state index contributed by atoms with van der Waals surface area (Å²) in [6.45, 7) is 7.52. The van der Waals surface area contributed by atoms with E-state index in [4.69, 9.17) is 4.74 Å². The van der Waals surface area contributed by atoms with Crippen molar-refractivity contribution in [2.75, 3.05) is 12.4 Å². The molecule has 2 rings (SSSR count). The van der Waals surface area contributed by atoms with E-state index in [1.54, 1.807) is 13.2 Å². The third kappa shape index (κ3) is 2.69. The van der Waals surface area contributed by atoms with Gasteiger partial charge in [0.15, 0.2) is 5.78 Å². The second kappa shape index (κ2) is 5.41. The number of aromatic nitrogens is 1. The number of H-pyrrole nitrogens is 1. The molecule has 1 heterocycles. The Morgan fingerprint density at radius 3 is 2.60 bits per heavy atom. The normalized spacial score (nSPS) is 11.8. The van der Waals surface area contributed by atoms with Gasteiger partial charge in [0.05, 0.1) is 12.8 Å². The number of hydrogen-bond acceptors (Lipinski definition) is 3. The maximum absolute atomic E-state index is 11.1. The van der Waals surface area contributed by atoms with Crippen LogP contribution in [0.3, 0.4) is 0 Å². The summed E-state index contributed by atoms with van der Waals surface area (Å²) in [6.07, 6.45) is 1.56. The molecule has 0 atom stereocenters. The van der Waals surface area contributed by atoms with E-state index in [9.17, 15) is 4.79 Å². The van der Waals surface area contributed by atoms with E-state index in [0.29, 0.717) is 0 Å². The maximum Gasteiger partial charge on any atom is 0.154 e. The van der Waals surface area contributed by atoms with Gasteiger partial charge in [-0.2, -0.15) is 0 Å². The number of rotatable bonds is 4. The summed E-state index contributed by atoms with van der Waals surface area (Å²) in [6, 6.07) is 4.02. The van der Waals surface area contributed by atoms with E-state index in [2.05, 4.69) is 24.1 Å². The third-order valence-electron chi connectivity index (χ3n) is 3.38. The molecular weight excluding hydrogens is 252 g/mol. The van der Waals surface area contributed by atoms with Crippen molar-refractivity contribution < 1.29 is 9.53 Å². The highest BCUT2D eigenvalue weighted by Gasteiger charge is 2.10. The van der Waals surface area contributed by atoms with Gasteiger partial charge in [-0.1, -0.05) is 0 Å². The van der Waals surface area contributed by atoms with Crippen molar-refractivity contribution in [3.05, 3.63) is 35.2 Å². The van der Waals surface area contributed by atoms with E-state index >= 15 is 0 Å². The van der Waals surface area contributed by atoms with Crippen LogP contribution in [0.5, 0.6) is 5.75 Å². The Morgan fingerprint density at radius 1 is 1.30 bits per heavy atom. The van der Waals surface area contributed by atoms with Gasteiger partial charge in [0, 0.05) is 22.3 Å². The molecule has 2 aromatic rings. The van der Waals surface area contributed by atoms with Crippen LogP contribution in [0, 0.1) is 13.8 Å². The van der Waals surface area contributed by atoms with Gasteiger partial charge in [-0.3, -0.25) is 4.79 Å². The summed E-state index contributed by atoms with van der Waals surface area (Å²) in [5.41, 5.74) is 5.06. The lowest BCUT2D eigenvalue weighted by atomic mass is 10.1. The van der Waals surface area contributed by atoms with E-state index in [1.165, 1.54) is 12.5 Å². The van der Waals surface area contributed by atoms with Crippen molar-refractivity contribution >= 4 is 22.4 Å². The highest BCUT2D eigenvalue weighted by atomic mass is 16.5. The molecule has 4 nitrogen and oxygen atoms in total. The van der Waals surface area contributed by atoms with E-state index < -0.39 is 0 Å². The first-order valence-electron chi connectivity index (χ1n) is 6.55. The summed E-state index contributed by atoms with van der Waals surface area (Å²) in [5.74, 6) is 0.775. The Balaban J connectivity index is 2.50. The predicted molar refractivity (Wildman–Crippen MR) is 82.4 cm³/mol. The lowest BCUT2D eigenvalue weighted by molar-refractivity contribution is -0.112. The molecule has 0 saturated heterocycles. The first-order chi connectivity index (χ1) is 9.42. The van der Waals surface area contributed by atoms with Crippen LogP contribution < -0.4 is 10.1 Å². The van der Waals surface area contributed by atoms with E-state index in [0.717, 1.165) is 33.7 Å². The zero-order valence-electron chi connectivity index (χ0n) is 12.5. The third-order valence-corrected chi connectivity index (χ3v) is 3.38. The van der Waals surface area contributed by atoms with E-state index in [-0.39, 0.29) is 5.78 Å². The number of carbonyl (C=O) groups excluding carboxylic acids is 1. The zero-order chi connectivity index (χ0) is 14.9. The number of fused-ring (bicyclic) bond motifs is 1. The minimum absolute atomic E-state index is 0.0154. The number of benzene rings is 1. The zero-order valence-corrected chi connectivity index (χ0v) is 12.5. The molecule has 0 aliphatic rings. The fourth-order valence-corrected chi connectivity index (χ4v) is 2.31. The number of ketones is 1. The summed E-state index contributed by atoms with van der Waals surface area (Å²) >= 11 is 0. The molecule has 1 aromatic carbocycles. The van der Waals surface area contributed by atoms with Gasteiger partial charge in [0.25, 0.3) is 0 Å². The molecule has 0 aliphatic carbocycles. The molecular formula is C16H20N2O2. The SMILES string of the molecule is COc1cc2c(C)c(C)[nH]c2cc1NC(C)=CC(C)=O. The molecule has 0 aliphatic heterocycles. The summed E-state index contributed by atoms with van der Waals surface area (Å²) in [7, 11) is 1.64. The second-order valence-corrected chi connectivity index (χ2v) is 5.04. The quantitative estimate of drug-likeness (QED) is 0.834. The molecule has 0 fully saturated rings. The van der Waals surface area contributed by atoms with Gasteiger partial charge in [0.1, 0.15) is 5.75 Å². The molecule has 0 unspecified atom stereocenters. The molecule has 2 N–H and O–H groups in total. The minimum atomic E-state index is 0.0154. The Kier molecular flexibility index (Phi) is 3.84. The summed E-state index contributed by atoms with van der Waals surface area (Å²) < 4.78 is 5.44.